The molecule has 27 heavy (non-hydrogen) atoms. The fourth-order valence-corrected chi connectivity index (χ4v) is 3.98. The second-order valence-corrected chi connectivity index (χ2v) is 6.89. The molecule has 1 aromatic heterocycles. The number of amidine groups is 1. The van der Waals surface area contributed by atoms with E-state index >= 15 is 0 Å². The molecule has 4 N–H and O–H groups in total. The number of fused-ring (bicyclic) bond motifs is 4. The van der Waals surface area contributed by atoms with E-state index in [1.54, 1.807) is 6.20 Å². The molecule has 0 saturated carbocycles. The van der Waals surface area contributed by atoms with Crippen LogP contribution in [0.4, 0.5) is 5.69 Å². The maximum Gasteiger partial charge on any atom is 0.283 e. The zero-order valence-electron chi connectivity index (χ0n) is 14.8. The lowest BCUT2D eigenvalue weighted by Crippen LogP contribution is -2.38. The van der Waals surface area contributed by atoms with E-state index in [0.717, 1.165) is 29.0 Å². The molecule has 7 heteroatoms. The highest BCUT2D eigenvalue weighted by Gasteiger charge is 2.45. The van der Waals surface area contributed by atoms with Gasteiger partial charge in [-0.15, -0.1) is 0 Å². The number of benzene rings is 1. The predicted octanol–water partition coefficient (Wildman–Crippen LogP) is 2.55. The van der Waals surface area contributed by atoms with Crippen molar-refractivity contribution >= 4 is 17.3 Å². The lowest BCUT2D eigenvalue weighted by atomic mass is 9.77. The van der Waals surface area contributed by atoms with Crippen LogP contribution in [0.2, 0.25) is 0 Å². The van der Waals surface area contributed by atoms with Crippen LogP contribution >= 0.6 is 0 Å². The normalized spacial score (nSPS) is 23.4. The van der Waals surface area contributed by atoms with Crippen LogP contribution in [0.5, 0.6) is 11.5 Å². The lowest BCUT2D eigenvalue weighted by molar-refractivity contribution is 0.161. The summed E-state index contributed by atoms with van der Waals surface area (Å²) in [6.07, 6.45) is 5.31. The minimum absolute atomic E-state index is 0.172. The molecule has 0 radical (unpaired) electrons. The summed E-state index contributed by atoms with van der Waals surface area (Å²) >= 11 is 0. The van der Waals surface area contributed by atoms with Gasteiger partial charge < -0.3 is 25.7 Å². The van der Waals surface area contributed by atoms with Gasteiger partial charge in [0, 0.05) is 23.2 Å². The average Bonchev–Trinajstić information content (AvgIpc) is 2.69. The second-order valence-electron chi connectivity index (χ2n) is 6.89. The number of aliphatic imine (C=N–C) groups is 1. The first-order valence-corrected chi connectivity index (χ1v) is 8.99. The SMILES string of the molecule is NC1=NC2(CCO1)c1cc(N)ccc1Oc1cnc(C3=CCOCC3)cc12. The van der Waals surface area contributed by atoms with Crippen LogP contribution in [0, 0.1) is 0 Å². The molecule has 0 aliphatic carbocycles. The quantitative estimate of drug-likeness (QED) is 0.754. The molecule has 1 atom stereocenters. The Morgan fingerprint density at radius 2 is 1.93 bits per heavy atom. The topological polar surface area (TPSA) is 105 Å². The van der Waals surface area contributed by atoms with Gasteiger partial charge in [-0.2, -0.15) is 0 Å². The van der Waals surface area contributed by atoms with Crippen molar-refractivity contribution in [2.45, 2.75) is 18.4 Å². The van der Waals surface area contributed by atoms with Gasteiger partial charge in [0.1, 0.15) is 11.3 Å². The molecular formula is C20H20N4O3. The van der Waals surface area contributed by atoms with Gasteiger partial charge in [0.2, 0.25) is 0 Å². The zero-order chi connectivity index (χ0) is 18.4. The molecule has 3 aliphatic rings. The molecule has 0 saturated heterocycles. The summed E-state index contributed by atoms with van der Waals surface area (Å²) in [6.45, 7) is 1.77. The molecule has 5 rings (SSSR count). The van der Waals surface area contributed by atoms with Crippen molar-refractivity contribution < 1.29 is 14.2 Å². The summed E-state index contributed by atoms with van der Waals surface area (Å²) in [5, 5.41) is 0. The summed E-state index contributed by atoms with van der Waals surface area (Å²) < 4.78 is 17.0. The fourth-order valence-electron chi connectivity index (χ4n) is 3.98. The van der Waals surface area contributed by atoms with E-state index in [9.17, 15) is 0 Å². The maximum absolute atomic E-state index is 6.12. The molecule has 1 spiro atoms. The predicted molar refractivity (Wildman–Crippen MR) is 102 cm³/mol. The van der Waals surface area contributed by atoms with Gasteiger partial charge in [0.05, 0.1) is 31.7 Å². The summed E-state index contributed by atoms with van der Waals surface area (Å²) in [6, 6.07) is 7.82. The number of aromatic nitrogens is 1. The third kappa shape index (κ3) is 2.54. The van der Waals surface area contributed by atoms with Gasteiger partial charge in [-0.3, -0.25) is 4.98 Å². The minimum atomic E-state index is -0.690. The van der Waals surface area contributed by atoms with Crippen LogP contribution in [-0.4, -0.2) is 30.8 Å². The second kappa shape index (κ2) is 5.99. The molecule has 1 aromatic carbocycles. The smallest absolute Gasteiger partial charge is 0.283 e. The van der Waals surface area contributed by atoms with E-state index in [0.29, 0.717) is 37.7 Å². The molecule has 3 aliphatic heterocycles. The Kier molecular flexibility index (Phi) is 3.58. The Morgan fingerprint density at radius 1 is 1.04 bits per heavy atom. The highest BCUT2D eigenvalue weighted by molar-refractivity contribution is 5.76. The van der Waals surface area contributed by atoms with Crippen LogP contribution in [0.25, 0.3) is 5.57 Å². The molecule has 2 aromatic rings. The van der Waals surface area contributed by atoms with Gasteiger partial charge in [0.15, 0.2) is 5.75 Å². The Balaban J connectivity index is 1.73. The lowest BCUT2D eigenvalue weighted by Gasteiger charge is -2.39. The summed E-state index contributed by atoms with van der Waals surface area (Å²) in [4.78, 5) is 9.37. The van der Waals surface area contributed by atoms with E-state index in [1.807, 2.05) is 18.2 Å². The highest BCUT2D eigenvalue weighted by Crippen LogP contribution is 2.52. The molecule has 0 fully saturated rings. The molecule has 4 heterocycles. The monoisotopic (exact) mass is 364 g/mol. The van der Waals surface area contributed by atoms with Gasteiger partial charge in [0.25, 0.3) is 6.02 Å². The Bertz CT molecular complexity index is 985. The molecule has 0 bridgehead atoms. The Morgan fingerprint density at radius 3 is 2.74 bits per heavy atom. The van der Waals surface area contributed by atoms with E-state index in [-0.39, 0.29) is 6.02 Å². The van der Waals surface area contributed by atoms with E-state index in [4.69, 9.17) is 30.7 Å². The number of rotatable bonds is 1. The Hall–Kier alpha value is -3.06. The van der Waals surface area contributed by atoms with Gasteiger partial charge in [-0.1, -0.05) is 6.08 Å². The van der Waals surface area contributed by atoms with Crippen molar-refractivity contribution in [1.29, 1.82) is 0 Å². The van der Waals surface area contributed by atoms with Gasteiger partial charge in [-0.05, 0) is 36.3 Å². The van der Waals surface area contributed by atoms with E-state index in [1.165, 1.54) is 5.57 Å². The van der Waals surface area contributed by atoms with Crippen LogP contribution in [0.1, 0.15) is 29.7 Å². The first-order valence-electron chi connectivity index (χ1n) is 8.99. The Labute approximate surface area is 156 Å². The van der Waals surface area contributed by atoms with Crippen LogP contribution in [0.3, 0.4) is 0 Å². The van der Waals surface area contributed by atoms with Crippen molar-refractivity contribution in [1.82, 2.24) is 4.98 Å². The number of anilines is 1. The number of nitrogens with zero attached hydrogens (tertiary/aromatic N) is 2. The highest BCUT2D eigenvalue weighted by atomic mass is 16.5. The van der Waals surface area contributed by atoms with Gasteiger partial charge in [-0.25, -0.2) is 4.99 Å². The van der Waals surface area contributed by atoms with E-state index in [2.05, 4.69) is 17.1 Å². The number of ether oxygens (including phenoxy) is 3. The number of hydrogen-bond donors (Lipinski definition) is 2. The third-order valence-corrected chi connectivity index (χ3v) is 5.29. The number of nitrogens with two attached hydrogens (primary N) is 2. The largest absolute Gasteiger partial charge is 0.465 e. The number of nitrogen functional groups attached to an aromatic ring is 1. The van der Waals surface area contributed by atoms with E-state index < -0.39 is 5.54 Å². The summed E-state index contributed by atoms with van der Waals surface area (Å²) in [7, 11) is 0. The maximum atomic E-state index is 6.12. The van der Waals surface area contributed by atoms with Crippen molar-refractivity contribution in [2.75, 3.05) is 25.6 Å². The molecular weight excluding hydrogens is 344 g/mol. The summed E-state index contributed by atoms with van der Waals surface area (Å²) in [5.41, 5.74) is 15.9. The molecule has 138 valence electrons. The van der Waals surface area contributed by atoms with Crippen molar-refractivity contribution in [2.24, 2.45) is 10.7 Å². The standard InChI is InChI=1S/C20H20N4O3/c21-13-1-2-17-14(9-13)20(5-8-26-19(22)24-20)15-10-16(23-11-18(15)27-17)12-3-6-25-7-4-12/h1-3,9-11H,4-8,21H2,(H2,22,24). The number of pyridine rings is 1. The third-order valence-electron chi connectivity index (χ3n) is 5.29. The first-order chi connectivity index (χ1) is 13.2. The van der Waals surface area contributed by atoms with Crippen molar-refractivity contribution in [3.8, 4) is 11.5 Å². The fraction of sp³-hybridized carbons (Fsp3) is 0.300. The molecule has 0 amide bonds. The minimum Gasteiger partial charge on any atom is -0.465 e. The van der Waals surface area contributed by atoms with Crippen LogP contribution in [-0.2, 0) is 15.0 Å². The van der Waals surface area contributed by atoms with Crippen molar-refractivity contribution in [3.63, 3.8) is 0 Å². The van der Waals surface area contributed by atoms with Crippen LogP contribution < -0.4 is 16.2 Å². The molecule has 7 nitrogen and oxygen atoms in total. The zero-order valence-corrected chi connectivity index (χ0v) is 14.8. The van der Waals surface area contributed by atoms with Crippen LogP contribution in [0.15, 0.2) is 41.5 Å². The molecule has 1 unspecified atom stereocenters. The van der Waals surface area contributed by atoms with Gasteiger partial charge >= 0.3 is 0 Å². The number of hydrogen-bond acceptors (Lipinski definition) is 7. The first kappa shape index (κ1) is 16.1. The van der Waals surface area contributed by atoms with Crippen molar-refractivity contribution in [3.05, 3.63) is 53.4 Å². The average molecular weight is 364 g/mol. The summed E-state index contributed by atoms with van der Waals surface area (Å²) in [5.74, 6) is 1.40.